The fraction of sp³-hybridized carbons (Fsp3) is 0.286. The highest BCUT2D eigenvalue weighted by atomic mass is 35.5. The molecule has 0 radical (unpaired) electrons. The van der Waals surface area contributed by atoms with Crippen LogP contribution in [0.25, 0.3) is 0 Å². The molecule has 0 spiro atoms. The van der Waals surface area contributed by atoms with E-state index in [0.29, 0.717) is 4.34 Å². The van der Waals surface area contributed by atoms with Crippen molar-refractivity contribution in [2.24, 2.45) is 0 Å². The predicted molar refractivity (Wildman–Crippen MR) is 76.1 cm³/mol. The number of nitrogens with one attached hydrogen (secondary N) is 1. The number of benzene rings is 1. The monoisotopic (exact) mass is 301 g/mol. The lowest BCUT2D eigenvalue weighted by molar-refractivity contribution is -0.00525. The molecular formula is C14H14ClF2NS. The minimum absolute atomic E-state index is 0.0268. The zero-order chi connectivity index (χ0) is 13.9. The number of halogens is 3. The summed E-state index contributed by atoms with van der Waals surface area (Å²) in [5.74, 6) is -2.88. The van der Waals surface area contributed by atoms with Crippen LogP contribution in [0, 0.1) is 0 Å². The first-order valence-corrected chi connectivity index (χ1v) is 7.10. The molecule has 0 bridgehead atoms. The van der Waals surface area contributed by atoms with Crippen LogP contribution in [0.15, 0.2) is 42.5 Å². The molecule has 1 heterocycles. The van der Waals surface area contributed by atoms with Crippen molar-refractivity contribution in [3.05, 3.63) is 57.2 Å². The van der Waals surface area contributed by atoms with E-state index in [1.54, 1.807) is 24.3 Å². The van der Waals surface area contributed by atoms with Crippen LogP contribution in [0.5, 0.6) is 0 Å². The average molecular weight is 302 g/mol. The third-order valence-electron chi connectivity index (χ3n) is 2.85. The minimum Gasteiger partial charge on any atom is -0.303 e. The highest BCUT2D eigenvalue weighted by molar-refractivity contribution is 7.16. The number of hydrogen-bond donors (Lipinski definition) is 1. The third kappa shape index (κ3) is 3.75. The second kappa shape index (κ2) is 5.99. The van der Waals surface area contributed by atoms with Gasteiger partial charge in [-0.2, -0.15) is 8.78 Å². The van der Waals surface area contributed by atoms with Crippen molar-refractivity contribution < 1.29 is 8.78 Å². The highest BCUT2D eigenvalue weighted by Crippen LogP contribution is 2.30. The quantitative estimate of drug-likeness (QED) is 0.833. The van der Waals surface area contributed by atoms with Gasteiger partial charge in [-0.1, -0.05) is 41.9 Å². The molecule has 0 aliphatic heterocycles. The maximum absolute atomic E-state index is 14.0. The molecule has 0 aliphatic carbocycles. The molecule has 0 saturated heterocycles. The van der Waals surface area contributed by atoms with Gasteiger partial charge < -0.3 is 5.32 Å². The van der Waals surface area contributed by atoms with Crippen molar-refractivity contribution >= 4 is 22.9 Å². The molecule has 1 aromatic carbocycles. The van der Waals surface area contributed by atoms with E-state index in [4.69, 9.17) is 11.6 Å². The Labute approximate surface area is 120 Å². The van der Waals surface area contributed by atoms with Crippen LogP contribution in [0.3, 0.4) is 0 Å². The SMILES string of the molecule is CC(NCC(F)(F)c1ccccc1)c1ccc(Cl)s1. The van der Waals surface area contributed by atoms with Gasteiger partial charge in [0.1, 0.15) is 0 Å². The summed E-state index contributed by atoms with van der Waals surface area (Å²) in [6.45, 7) is 1.46. The van der Waals surface area contributed by atoms with Gasteiger partial charge in [-0.3, -0.25) is 0 Å². The summed E-state index contributed by atoms with van der Waals surface area (Å²) >= 11 is 7.23. The third-order valence-corrected chi connectivity index (χ3v) is 4.26. The van der Waals surface area contributed by atoms with E-state index in [9.17, 15) is 8.78 Å². The molecule has 0 aliphatic rings. The summed E-state index contributed by atoms with van der Waals surface area (Å²) in [6, 6.07) is 11.3. The van der Waals surface area contributed by atoms with Gasteiger partial charge in [0.2, 0.25) is 0 Å². The Morgan fingerprint density at radius 2 is 1.89 bits per heavy atom. The topological polar surface area (TPSA) is 12.0 Å². The lowest BCUT2D eigenvalue weighted by atomic mass is 10.1. The van der Waals surface area contributed by atoms with E-state index in [-0.39, 0.29) is 11.6 Å². The standard InChI is InChI=1S/C14H14ClF2NS/c1-10(12-7-8-13(15)19-12)18-9-14(16,17)11-5-3-2-4-6-11/h2-8,10,18H,9H2,1H3. The average Bonchev–Trinajstić information content (AvgIpc) is 2.84. The molecule has 2 rings (SSSR count). The van der Waals surface area contributed by atoms with Crippen LogP contribution in [0.4, 0.5) is 8.78 Å². The molecule has 0 amide bonds. The molecule has 2 aromatic rings. The molecule has 5 heteroatoms. The van der Waals surface area contributed by atoms with E-state index in [2.05, 4.69) is 5.32 Å². The lowest BCUT2D eigenvalue weighted by Gasteiger charge is -2.20. The van der Waals surface area contributed by atoms with Crippen molar-refractivity contribution in [2.75, 3.05) is 6.54 Å². The van der Waals surface area contributed by atoms with E-state index in [1.807, 2.05) is 13.0 Å². The molecule has 19 heavy (non-hydrogen) atoms. The normalized spacial score (nSPS) is 13.5. The van der Waals surface area contributed by atoms with E-state index >= 15 is 0 Å². The van der Waals surface area contributed by atoms with Crippen molar-refractivity contribution in [1.29, 1.82) is 0 Å². The van der Waals surface area contributed by atoms with Gasteiger partial charge in [-0.05, 0) is 19.1 Å². The molecule has 102 valence electrons. The van der Waals surface area contributed by atoms with Gasteiger partial charge >= 0.3 is 0 Å². The number of rotatable bonds is 5. The Hall–Kier alpha value is -0.970. The Morgan fingerprint density at radius 3 is 2.47 bits per heavy atom. The van der Waals surface area contributed by atoms with Crippen LogP contribution >= 0.6 is 22.9 Å². The molecule has 1 atom stereocenters. The van der Waals surface area contributed by atoms with Gasteiger partial charge in [0.15, 0.2) is 0 Å². The van der Waals surface area contributed by atoms with Crippen molar-refractivity contribution in [3.63, 3.8) is 0 Å². The van der Waals surface area contributed by atoms with Gasteiger partial charge in [0.25, 0.3) is 5.92 Å². The fourth-order valence-electron chi connectivity index (χ4n) is 1.73. The van der Waals surface area contributed by atoms with Crippen LogP contribution in [0.1, 0.15) is 23.4 Å². The number of hydrogen-bond acceptors (Lipinski definition) is 2. The van der Waals surface area contributed by atoms with Crippen LogP contribution < -0.4 is 5.32 Å². The van der Waals surface area contributed by atoms with Gasteiger partial charge in [0, 0.05) is 16.5 Å². The maximum atomic E-state index is 14.0. The summed E-state index contributed by atoms with van der Waals surface area (Å²) in [5, 5.41) is 2.85. The highest BCUT2D eigenvalue weighted by Gasteiger charge is 2.31. The second-order valence-corrected chi connectivity index (χ2v) is 6.06. The van der Waals surface area contributed by atoms with E-state index in [1.165, 1.54) is 23.5 Å². The molecule has 1 N–H and O–H groups in total. The van der Waals surface area contributed by atoms with Gasteiger partial charge in [-0.15, -0.1) is 11.3 Å². The molecule has 1 unspecified atom stereocenters. The van der Waals surface area contributed by atoms with Crippen LogP contribution in [-0.4, -0.2) is 6.54 Å². The summed E-state index contributed by atoms with van der Waals surface area (Å²) in [6.07, 6.45) is 0. The minimum atomic E-state index is -2.88. The first-order valence-electron chi connectivity index (χ1n) is 5.91. The van der Waals surface area contributed by atoms with Crippen LogP contribution in [-0.2, 0) is 5.92 Å². The smallest absolute Gasteiger partial charge is 0.285 e. The number of alkyl halides is 2. The largest absolute Gasteiger partial charge is 0.303 e. The van der Waals surface area contributed by atoms with E-state index in [0.717, 1.165) is 4.88 Å². The Kier molecular flexibility index (Phi) is 4.55. The first-order chi connectivity index (χ1) is 8.99. The molecular weight excluding hydrogens is 288 g/mol. The lowest BCUT2D eigenvalue weighted by Crippen LogP contribution is -2.32. The van der Waals surface area contributed by atoms with Gasteiger partial charge in [0.05, 0.1) is 10.9 Å². The Bertz CT molecular complexity index is 527. The summed E-state index contributed by atoms with van der Waals surface area (Å²) in [4.78, 5) is 0.953. The zero-order valence-electron chi connectivity index (χ0n) is 10.4. The summed E-state index contributed by atoms with van der Waals surface area (Å²) in [7, 11) is 0. The molecule has 1 aromatic heterocycles. The molecule has 1 nitrogen and oxygen atoms in total. The van der Waals surface area contributed by atoms with Crippen molar-refractivity contribution in [2.45, 2.75) is 18.9 Å². The Balaban J connectivity index is 1.98. The van der Waals surface area contributed by atoms with Crippen molar-refractivity contribution in [1.82, 2.24) is 5.32 Å². The number of thiophene rings is 1. The first kappa shape index (κ1) is 14.4. The zero-order valence-corrected chi connectivity index (χ0v) is 11.9. The van der Waals surface area contributed by atoms with Crippen LogP contribution in [0.2, 0.25) is 4.34 Å². The van der Waals surface area contributed by atoms with Gasteiger partial charge in [-0.25, -0.2) is 0 Å². The summed E-state index contributed by atoms with van der Waals surface area (Å²) in [5.41, 5.74) is 0.0268. The molecule has 0 saturated carbocycles. The van der Waals surface area contributed by atoms with Crippen molar-refractivity contribution in [3.8, 4) is 0 Å². The predicted octanol–water partition coefficient (Wildman–Crippen LogP) is 4.84. The summed E-state index contributed by atoms with van der Waals surface area (Å²) < 4.78 is 28.6. The molecule has 0 fully saturated rings. The fourth-order valence-corrected chi connectivity index (χ4v) is 2.81. The van der Waals surface area contributed by atoms with E-state index < -0.39 is 12.5 Å². The maximum Gasteiger partial charge on any atom is 0.285 e. The Morgan fingerprint density at radius 1 is 1.21 bits per heavy atom. The second-order valence-electron chi connectivity index (χ2n) is 4.31.